The number of hydrogen-bond donors (Lipinski definition) is 3. The third kappa shape index (κ3) is 5.53. The van der Waals surface area contributed by atoms with Crippen molar-refractivity contribution in [3.05, 3.63) is 174 Å². The van der Waals surface area contributed by atoms with Crippen molar-refractivity contribution in [2.45, 2.75) is 12.3 Å². The fourth-order valence-electron chi connectivity index (χ4n) is 5.53. The van der Waals surface area contributed by atoms with Crippen LogP contribution in [0.2, 0.25) is 0 Å². The molecule has 5 aromatic rings. The first-order valence-corrected chi connectivity index (χ1v) is 14.4. The minimum atomic E-state index is -0.190. The maximum atomic E-state index is 5.18. The second-order valence-electron chi connectivity index (χ2n) is 10.6. The number of hydrogen-bond acceptors (Lipinski definition) is 4. The summed E-state index contributed by atoms with van der Waals surface area (Å²) >= 11 is 0. The summed E-state index contributed by atoms with van der Waals surface area (Å²) < 4.78 is 0. The number of aliphatic imine (C=N–C) groups is 1. The summed E-state index contributed by atoms with van der Waals surface area (Å²) in [5.74, 6) is 0.876. The Morgan fingerprint density at radius 1 is 0.548 bits per heavy atom. The third-order valence-corrected chi connectivity index (χ3v) is 7.80. The topological polar surface area (TPSA) is 48.5 Å². The standard InChI is InChI=1S/C38H32N4/c1-3-10-27(11-4-1)28-19-23-32(24-20-28)37-40-36(31-12-5-2-6-13-31)41-38(42-37)34-15-9-14-33(26-34)29-17-21-30(22-18-29)35-16-7-8-25-39-35/h1-24,26,36-37,39-40H,25H2,(H,41,42). The molecule has 2 aliphatic rings. The number of benzene rings is 5. The molecule has 0 amide bonds. The fourth-order valence-corrected chi connectivity index (χ4v) is 5.53. The molecule has 3 N–H and O–H groups in total. The van der Waals surface area contributed by atoms with Crippen molar-refractivity contribution in [2.24, 2.45) is 4.99 Å². The molecule has 4 heteroatoms. The van der Waals surface area contributed by atoms with Crippen molar-refractivity contribution < 1.29 is 0 Å². The van der Waals surface area contributed by atoms with Crippen molar-refractivity contribution in [1.29, 1.82) is 0 Å². The van der Waals surface area contributed by atoms with Gasteiger partial charge in [0.25, 0.3) is 0 Å². The van der Waals surface area contributed by atoms with Gasteiger partial charge in [-0.3, -0.25) is 5.32 Å². The average Bonchev–Trinajstić information content (AvgIpc) is 3.09. The monoisotopic (exact) mass is 544 g/mol. The highest BCUT2D eigenvalue weighted by Crippen LogP contribution is 2.29. The van der Waals surface area contributed by atoms with Crippen LogP contribution in [-0.4, -0.2) is 12.4 Å². The molecule has 204 valence electrons. The molecular weight excluding hydrogens is 512 g/mol. The second-order valence-corrected chi connectivity index (χ2v) is 10.6. The van der Waals surface area contributed by atoms with E-state index in [-0.39, 0.29) is 12.3 Å². The van der Waals surface area contributed by atoms with E-state index in [0.717, 1.165) is 34.8 Å². The van der Waals surface area contributed by atoms with Gasteiger partial charge in [0.15, 0.2) is 0 Å². The fraction of sp³-hybridized carbons (Fsp3) is 0.0789. The van der Waals surface area contributed by atoms with Gasteiger partial charge in [-0.15, -0.1) is 0 Å². The summed E-state index contributed by atoms with van der Waals surface area (Å²) in [6, 6.07) is 47.1. The zero-order valence-electron chi connectivity index (χ0n) is 23.2. The van der Waals surface area contributed by atoms with E-state index in [4.69, 9.17) is 4.99 Å². The molecule has 0 aromatic heterocycles. The van der Waals surface area contributed by atoms with E-state index >= 15 is 0 Å². The Hall–Kier alpha value is -5.19. The van der Waals surface area contributed by atoms with Gasteiger partial charge in [0.05, 0.1) is 0 Å². The van der Waals surface area contributed by atoms with Crippen LogP contribution in [0, 0.1) is 0 Å². The van der Waals surface area contributed by atoms with E-state index in [0.29, 0.717) is 0 Å². The van der Waals surface area contributed by atoms with Gasteiger partial charge in [0.2, 0.25) is 0 Å². The van der Waals surface area contributed by atoms with E-state index in [1.165, 1.54) is 27.8 Å². The van der Waals surface area contributed by atoms with Crippen LogP contribution in [0.4, 0.5) is 0 Å². The van der Waals surface area contributed by atoms with Crippen molar-refractivity contribution >= 4 is 11.5 Å². The molecular formula is C38H32N4. The van der Waals surface area contributed by atoms with Crippen LogP contribution in [0.15, 0.2) is 157 Å². The Morgan fingerprint density at radius 2 is 1.17 bits per heavy atom. The Labute approximate surface area is 247 Å². The quantitative estimate of drug-likeness (QED) is 0.204. The first-order chi connectivity index (χ1) is 20.8. The number of amidine groups is 1. The van der Waals surface area contributed by atoms with E-state index in [9.17, 15) is 0 Å². The molecule has 2 unspecified atom stereocenters. The summed E-state index contributed by atoms with van der Waals surface area (Å²) in [5.41, 5.74) is 10.4. The molecule has 2 atom stereocenters. The van der Waals surface area contributed by atoms with Crippen LogP contribution in [0.25, 0.3) is 28.0 Å². The highest BCUT2D eigenvalue weighted by molar-refractivity contribution is 6.00. The van der Waals surface area contributed by atoms with Gasteiger partial charge in [-0.05, 0) is 51.1 Å². The predicted molar refractivity (Wildman–Crippen MR) is 174 cm³/mol. The molecule has 42 heavy (non-hydrogen) atoms. The second kappa shape index (κ2) is 11.7. The number of allylic oxidation sites excluding steroid dienone is 2. The Morgan fingerprint density at radius 3 is 1.90 bits per heavy atom. The minimum absolute atomic E-state index is 0.0780. The Balaban J connectivity index is 1.20. The molecule has 2 heterocycles. The lowest BCUT2D eigenvalue weighted by atomic mass is 9.99. The molecule has 0 saturated carbocycles. The van der Waals surface area contributed by atoms with E-state index in [2.05, 4.69) is 156 Å². The largest absolute Gasteiger partial charge is 0.381 e. The summed E-state index contributed by atoms with van der Waals surface area (Å²) in [6.45, 7) is 0.863. The maximum absolute atomic E-state index is 5.18. The summed E-state index contributed by atoms with van der Waals surface area (Å²) in [7, 11) is 0. The van der Waals surface area contributed by atoms with Crippen LogP contribution in [-0.2, 0) is 0 Å². The molecule has 2 aliphatic heterocycles. The van der Waals surface area contributed by atoms with Gasteiger partial charge >= 0.3 is 0 Å². The van der Waals surface area contributed by atoms with Crippen molar-refractivity contribution in [1.82, 2.24) is 16.0 Å². The minimum Gasteiger partial charge on any atom is -0.381 e. The van der Waals surface area contributed by atoms with Crippen LogP contribution < -0.4 is 16.0 Å². The highest BCUT2D eigenvalue weighted by Gasteiger charge is 2.25. The van der Waals surface area contributed by atoms with Gasteiger partial charge < -0.3 is 10.6 Å². The summed E-state index contributed by atoms with van der Waals surface area (Å²) in [6.07, 6.45) is 6.07. The molecule has 0 aliphatic carbocycles. The zero-order chi connectivity index (χ0) is 28.1. The summed E-state index contributed by atoms with van der Waals surface area (Å²) in [4.78, 5) is 5.18. The SMILES string of the molecule is C1=CCNC(c2ccc(-c3cccc(C4=NC(c5ccc(-c6ccccc6)cc5)NC(c5ccccc5)N4)c3)cc2)=C1. The molecule has 0 spiro atoms. The lowest BCUT2D eigenvalue weighted by Crippen LogP contribution is -2.44. The molecule has 0 fully saturated rings. The highest BCUT2D eigenvalue weighted by atomic mass is 15.3. The van der Waals surface area contributed by atoms with Gasteiger partial charge in [0, 0.05) is 17.8 Å². The van der Waals surface area contributed by atoms with Crippen LogP contribution in [0.3, 0.4) is 0 Å². The number of nitrogens with zero attached hydrogens (tertiary/aromatic N) is 1. The van der Waals surface area contributed by atoms with E-state index in [1.54, 1.807) is 0 Å². The lowest BCUT2D eigenvalue weighted by molar-refractivity contribution is 0.409. The molecule has 5 aromatic carbocycles. The van der Waals surface area contributed by atoms with E-state index in [1.807, 2.05) is 12.1 Å². The number of dihydropyridines is 1. The zero-order valence-corrected chi connectivity index (χ0v) is 23.2. The maximum Gasteiger partial charge on any atom is 0.131 e. The first kappa shape index (κ1) is 25.8. The normalized spacial score (nSPS) is 17.9. The van der Waals surface area contributed by atoms with Crippen molar-refractivity contribution in [2.75, 3.05) is 6.54 Å². The lowest BCUT2D eigenvalue weighted by Gasteiger charge is -2.32. The average molecular weight is 545 g/mol. The molecule has 0 saturated heterocycles. The van der Waals surface area contributed by atoms with Crippen LogP contribution >= 0.6 is 0 Å². The van der Waals surface area contributed by atoms with Gasteiger partial charge in [-0.25, -0.2) is 4.99 Å². The van der Waals surface area contributed by atoms with Crippen LogP contribution in [0.1, 0.15) is 34.6 Å². The third-order valence-electron chi connectivity index (χ3n) is 7.80. The molecule has 7 rings (SSSR count). The van der Waals surface area contributed by atoms with Gasteiger partial charge in [0.1, 0.15) is 18.2 Å². The number of rotatable bonds is 6. The molecule has 0 radical (unpaired) electrons. The molecule has 0 bridgehead atoms. The first-order valence-electron chi connectivity index (χ1n) is 14.4. The smallest absolute Gasteiger partial charge is 0.131 e. The van der Waals surface area contributed by atoms with Gasteiger partial charge in [-0.1, -0.05) is 140 Å². The van der Waals surface area contributed by atoms with Crippen LogP contribution in [0.5, 0.6) is 0 Å². The Bertz CT molecular complexity index is 1750. The van der Waals surface area contributed by atoms with Gasteiger partial charge in [-0.2, -0.15) is 0 Å². The van der Waals surface area contributed by atoms with Crippen molar-refractivity contribution in [3.8, 4) is 22.3 Å². The van der Waals surface area contributed by atoms with Crippen molar-refractivity contribution in [3.63, 3.8) is 0 Å². The molecule has 4 nitrogen and oxygen atoms in total. The Kier molecular flexibility index (Phi) is 7.20. The number of nitrogens with one attached hydrogen (secondary N) is 3. The van der Waals surface area contributed by atoms with E-state index < -0.39 is 0 Å². The summed E-state index contributed by atoms with van der Waals surface area (Å²) in [5, 5.41) is 10.8. The predicted octanol–water partition coefficient (Wildman–Crippen LogP) is 7.86.